The van der Waals surface area contributed by atoms with E-state index in [1.54, 1.807) is 0 Å². The lowest BCUT2D eigenvalue weighted by Gasteiger charge is -2.23. The zero-order valence-electron chi connectivity index (χ0n) is 22.7. The fourth-order valence-corrected chi connectivity index (χ4v) is 6.46. The highest BCUT2D eigenvalue weighted by Gasteiger charge is 2.37. The number of aromatic nitrogens is 1. The number of hydrogen-bond donors (Lipinski definition) is 0. The molecule has 1 aliphatic carbocycles. The molecule has 1 aromatic heterocycles. The van der Waals surface area contributed by atoms with Crippen LogP contribution in [0.2, 0.25) is 0 Å². The molecule has 1 heteroatoms. The summed E-state index contributed by atoms with van der Waals surface area (Å²) in [4.78, 5) is 0. The second kappa shape index (κ2) is 8.63. The number of hydrogen-bond acceptors (Lipinski definition) is 0. The average molecular weight is 482 g/mol. The fourth-order valence-electron chi connectivity index (χ4n) is 6.46. The molecule has 0 aliphatic heterocycles. The molecule has 0 spiro atoms. The maximum Gasteiger partial charge on any atom is 0.0544 e. The topological polar surface area (TPSA) is 4.93 Å². The van der Waals surface area contributed by atoms with Gasteiger partial charge in [0.1, 0.15) is 0 Å². The molecule has 0 atom stereocenters. The summed E-state index contributed by atoms with van der Waals surface area (Å²) < 4.78 is 2.48. The van der Waals surface area contributed by atoms with Gasteiger partial charge in [-0.2, -0.15) is 0 Å². The minimum atomic E-state index is -0.0700. The van der Waals surface area contributed by atoms with E-state index in [9.17, 15) is 0 Å². The minimum Gasteiger partial charge on any atom is -0.313 e. The number of benzene rings is 4. The molecule has 0 saturated heterocycles. The van der Waals surface area contributed by atoms with Gasteiger partial charge in [-0.05, 0) is 102 Å². The Hall–Kier alpha value is -3.84. The SMILES string of the molecule is C=CCC/C(=C\C)n1c2ccccc2c2cc3c(cc21)-c1cc(C)c(-c2ccccc2C)cc1C3(C)C. The van der Waals surface area contributed by atoms with Crippen LogP contribution >= 0.6 is 0 Å². The summed E-state index contributed by atoms with van der Waals surface area (Å²) in [7, 11) is 0. The number of aryl methyl sites for hydroxylation is 2. The first-order chi connectivity index (χ1) is 17.9. The quantitative estimate of drug-likeness (QED) is 0.220. The van der Waals surface area contributed by atoms with Gasteiger partial charge < -0.3 is 4.57 Å². The molecular formula is C36H35N. The van der Waals surface area contributed by atoms with Crippen LogP contribution < -0.4 is 0 Å². The summed E-state index contributed by atoms with van der Waals surface area (Å²) in [5.41, 5.74) is 14.8. The van der Waals surface area contributed by atoms with Crippen molar-refractivity contribution in [2.75, 3.05) is 0 Å². The smallest absolute Gasteiger partial charge is 0.0544 e. The Morgan fingerprint density at radius 3 is 2.22 bits per heavy atom. The summed E-state index contributed by atoms with van der Waals surface area (Å²) in [5.74, 6) is 0. The zero-order chi connectivity index (χ0) is 25.9. The van der Waals surface area contributed by atoms with Gasteiger partial charge in [-0.25, -0.2) is 0 Å². The van der Waals surface area contributed by atoms with Crippen LogP contribution in [-0.4, -0.2) is 4.57 Å². The number of allylic oxidation sites excluding steroid dienone is 3. The fraction of sp³-hybridized carbons (Fsp3) is 0.222. The van der Waals surface area contributed by atoms with Gasteiger partial charge in [0.2, 0.25) is 0 Å². The van der Waals surface area contributed by atoms with Crippen molar-refractivity contribution in [2.45, 2.75) is 52.9 Å². The molecule has 1 heterocycles. The van der Waals surface area contributed by atoms with Crippen LogP contribution in [0.25, 0.3) is 49.8 Å². The van der Waals surface area contributed by atoms with Crippen LogP contribution in [0.1, 0.15) is 55.9 Å². The molecule has 184 valence electrons. The number of nitrogens with zero attached hydrogens (tertiary/aromatic N) is 1. The van der Waals surface area contributed by atoms with Gasteiger partial charge in [0, 0.05) is 21.9 Å². The van der Waals surface area contributed by atoms with Gasteiger partial charge in [-0.15, -0.1) is 6.58 Å². The number of para-hydroxylation sites is 1. The summed E-state index contributed by atoms with van der Waals surface area (Å²) >= 11 is 0. The van der Waals surface area contributed by atoms with E-state index in [4.69, 9.17) is 0 Å². The Morgan fingerprint density at radius 2 is 1.46 bits per heavy atom. The van der Waals surface area contributed by atoms with E-state index >= 15 is 0 Å². The normalized spacial score (nSPS) is 14.2. The van der Waals surface area contributed by atoms with E-state index in [1.165, 1.54) is 72.0 Å². The van der Waals surface area contributed by atoms with Crippen molar-refractivity contribution in [3.8, 4) is 22.3 Å². The Balaban J connectivity index is 1.64. The van der Waals surface area contributed by atoms with Crippen molar-refractivity contribution in [3.63, 3.8) is 0 Å². The molecular weight excluding hydrogens is 446 g/mol. The monoisotopic (exact) mass is 481 g/mol. The second-order valence-electron chi connectivity index (χ2n) is 11.0. The Morgan fingerprint density at radius 1 is 0.757 bits per heavy atom. The number of rotatable bonds is 5. The van der Waals surface area contributed by atoms with Gasteiger partial charge >= 0.3 is 0 Å². The van der Waals surface area contributed by atoms with Gasteiger partial charge in [0.25, 0.3) is 0 Å². The lowest BCUT2D eigenvalue weighted by atomic mass is 9.80. The standard InChI is InChI=1S/C36H35N/c1-7-9-15-25(8-2)37-34-18-13-12-17-27(34)31-21-33-30(22-35(31)37)29-19-24(4)28(20-32(29)36(33,5)6)26-16-11-10-14-23(26)3/h7-8,10-14,16-22H,1,9,15H2,2-6H3/b25-8+. The van der Waals surface area contributed by atoms with E-state index in [2.05, 4.69) is 125 Å². The molecule has 0 fully saturated rings. The highest BCUT2D eigenvalue weighted by atomic mass is 15.0. The van der Waals surface area contributed by atoms with Crippen LogP contribution in [0.4, 0.5) is 0 Å². The van der Waals surface area contributed by atoms with E-state index in [0.717, 1.165) is 12.8 Å². The Bertz CT molecular complexity index is 1740. The third-order valence-corrected chi connectivity index (χ3v) is 8.47. The summed E-state index contributed by atoms with van der Waals surface area (Å²) in [5, 5.41) is 2.66. The highest BCUT2D eigenvalue weighted by molar-refractivity contribution is 6.12. The molecule has 0 amide bonds. The van der Waals surface area contributed by atoms with Crippen molar-refractivity contribution < 1.29 is 0 Å². The zero-order valence-corrected chi connectivity index (χ0v) is 22.7. The van der Waals surface area contributed by atoms with E-state index in [-0.39, 0.29) is 5.41 Å². The second-order valence-corrected chi connectivity index (χ2v) is 11.0. The van der Waals surface area contributed by atoms with Gasteiger partial charge in [0.15, 0.2) is 0 Å². The van der Waals surface area contributed by atoms with Gasteiger partial charge in [-0.1, -0.05) is 74.5 Å². The van der Waals surface area contributed by atoms with Crippen molar-refractivity contribution in [3.05, 3.63) is 114 Å². The summed E-state index contributed by atoms with van der Waals surface area (Å²) in [6.07, 6.45) is 6.23. The van der Waals surface area contributed by atoms with Crippen LogP contribution in [0, 0.1) is 13.8 Å². The molecule has 0 bridgehead atoms. The van der Waals surface area contributed by atoms with E-state index in [1.807, 2.05) is 6.08 Å². The molecule has 5 aromatic rings. The van der Waals surface area contributed by atoms with Crippen LogP contribution in [0.15, 0.2) is 91.5 Å². The first-order valence-electron chi connectivity index (χ1n) is 13.4. The molecule has 0 N–H and O–H groups in total. The first-order valence-corrected chi connectivity index (χ1v) is 13.4. The molecule has 0 saturated carbocycles. The van der Waals surface area contributed by atoms with Gasteiger partial charge in [-0.3, -0.25) is 0 Å². The van der Waals surface area contributed by atoms with Crippen LogP contribution in [0.5, 0.6) is 0 Å². The molecule has 0 radical (unpaired) electrons. The first kappa shape index (κ1) is 23.6. The lowest BCUT2D eigenvalue weighted by molar-refractivity contribution is 0.661. The average Bonchev–Trinajstić information content (AvgIpc) is 3.32. The summed E-state index contributed by atoms with van der Waals surface area (Å²) in [6.45, 7) is 15.4. The van der Waals surface area contributed by atoms with Crippen molar-refractivity contribution in [2.24, 2.45) is 0 Å². The predicted octanol–water partition coefficient (Wildman–Crippen LogP) is 10.2. The largest absolute Gasteiger partial charge is 0.313 e. The van der Waals surface area contributed by atoms with Gasteiger partial charge in [0.05, 0.1) is 11.0 Å². The third kappa shape index (κ3) is 3.44. The maximum absolute atomic E-state index is 3.97. The maximum atomic E-state index is 3.97. The Labute approximate surface area is 220 Å². The van der Waals surface area contributed by atoms with Crippen molar-refractivity contribution >= 4 is 27.5 Å². The van der Waals surface area contributed by atoms with Crippen molar-refractivity contribution in [1.29, 1.82) is 0 Å². The molecule has 37 heavy (non-hydrogen) atoms. The predicted molar refractivity (Wildman–Crippen MR) is 161 cm³/mol. The lowest BCUT2D eigenvalue weighted by Crippen LogP contribution is -2.15. The van der Waals surface area contributed by atoms with E-state index in [0.29, 0.717) is 0 Å². The summed E-state index contributed by atoms with van der Waals surface area (Å²) in [6, 6.07) is 27.4. The van der Waals surface area contributed by atoms with Crippen molar-refractivity contribution in [1.82, 2.24) is 4.57 Å². The van der Waals surface area contributed by atoms with Crippen LogP contribution in [0.3, 0.4) is 0 Å². The highest BCUT2D eigenvalue weighted by Crippen LogP contribution is 2.52. The molecule has 1 nitrogen and oxygen atoms in total. The molecule has 1 aliphatic rings. The van der Waals surface area contributed by atoms with Crippen LogP contribution in [-0.2, 0) is 5.41 Å². The molecule has 6 rings (SSSR count). The Kier molecular flexibility index (Phi) is 5.49. The molecule has 0 unspecified atom stereocenters. The van der Waals surface area contributed by atoms with E-state index < -0.39 is 0 Å². The molecule has 4 aromatic carbocycles. The third-order valence-electron chi connectivity index (χ3n) is 8.47. The number of fused-ring (bicyclic) bond motifs is 6. The minimum absolute atomic E-state index is 0.0700.